The second-order valence-corrected chi connectivity index (χ2v) is 5.92. The predicted octanol–water partition coefficient (Wildman–Crippen LogP) is 2.72. The van der Waals surface area contributed by atoms with Gasteiger partial charge in [-0.05, 0) is 54.4 Å². The standard InChI is InChI=1S/C14H22BrNO3/c1-9(17)14(2,3)16-8-10-6-11(15)13(19-5)12(7-10)18-4/h6-7,9,16-17H,8H2,1-5H3. The van der Waals surface area contributed by atoms with Crippen LogP contribution < -0.4 is 14.8 Å². The van der Waals surface area contributed by atoms with Gasteiger partial charge in [-0.1, -0.05) is 0 Å². The summed E-state index contributed by atoms with van der Waals surface area (Å²) in [6.07, 6.45) is -0.434. The lowest BCUT2D eigenvalue weighted by molar-refractivity contribution is 0.0956. The predicted molar refractivity (Wildman–Crippen MR) is 79.8 cm³/mol. The summed E-state index contributed by atoms with van der Waals surface area (Å²) in [5.41, 5.74) is 0.706. The summed E-state index contributed by atoms with van der Waals surface area (Å²) >= 11 is 3.47. The number of rotatable bonds is 6. The van der Waals surface area contributed by atoms with E-state index < -0.39 is 6.10 Å². The summed E-state index contributed by atoms with van der Waals surface area (Å²) in [7, 11) is 3.22. The minimum Gasteiger partial charge on any atom is -0.493 e. The van der Waals surface area contributed by atoms with E-state index in [9.17, 15) is 5.11 Å². The van der Waals surface area contributed by atoms with Gasteiger partial charge in [-0.25, -0.2) is 0 Å². The second-order valence-electron chi connectivity index (χ2n) is 5.06. The number of ether oxygens (including phenoxy) is 2. The Morgan fingerprint density at radius 2 is 1.95 bits per heavy atom. The molecule has 0 heterocycles. The average Bonchev–Trinajstić information content (AvgIpc) is 2.35. The van der Waals surface area contributed by atoms with Gasteiger partial charge < -0.3 is 19.9 Å². The Kier molecular flexibility index (Phi) is 5.64. The topological polar surface area (TPSA) is 50.7 Å². The first kappa shape index (κ1) is 16.3. The number of methoxy groups -OCH3 is 2. The zero-order valence-electron chi connectivity index (χ0n) is 12.1. The Labute approximate surface area is 123 Å². The molecule has 0 aliphatic rings. The van der Waals surface area contributed by atoms with Crippen molar-refractivity contribution in [3.8, 4) is 11.5 Å². The van der Waals surface area contributed by atoms with Gasteiger partial charge in [0, 0.05) is 12.1 Å². The van der Waals surface area contributed by atoms with Crippen molar-refractivity contribution in [2.24, 2.45) is 0 Å². The van der Waals surface area contributed by atoms with E-state index in [4.69, 9.17) is 9.47 Å². The first-order chi connectivity index (χ1) is 8.81. The molecule has 0 amide bonds. The third kappa shape index (κ3) is 4.09. The normalized spacial score (nSPS) is 13.2. The van der Waals surface area contributed by atoms with Crippen LogP contribution in [0.25, 0.3) is 0 Å². The summed E-state index contributed by atoms with van der Waals surface area (Å²) in [4.78, 5) is 0. The van der Waals surface area contributed by atoms with Crippen LogP contribution in [0.4, 0.5) is 0 Å². The third-order valence-corrected chi connectivity index (χ3v) is 3.87. The maximum Gasteiger partial charge on any atom is 0.174 e. The molecule has 108 valence electrons. The number of aliphatic hydroxyl groups excluding tert-OH is 1. The molecule has 5 heteroatoms. The van der Waals surface area contributed by atoms with Crippen LogP contribution in [0, 0.1) is 0 Å². The molecule has 1 aromatic carbocycles. The lowest BCUT2D eigenvalue weighted by atomic mass is 9.98. The van der Waals surface area contributed by atoms with Crippen molar-refractivity contribution < 1.29 is 14.6 Å². The van der Waals surface area contributed by atoms with Gasteiger partial charge in [0.15, 0.2) is 11.5 Å². The highest BCUT2D eigenvalue weighted by Crippen LogP contribution is 2.36. The fourth-order valence-corrected chi connectivity index (χ4v) is 2.20. The van der Waals surface area contributed by atoms with Gasteiger partial charge in [-0.3, -0.25) is 0 Å². The molecule has 0 spiro atoms. The van der Waals surface area contributed by atoms with Gasteiger partial charge in [0.05, 0.1) is 24.8 Å². The molecule has 1 unspecified atom stereocenters. The van der Waals surface area contributed by atoms with Crippen LogP contribution >= 0.6 is 15.9 Å². The fourth-order valence-electron chi connectivity index (χ4n) is 1.55. The van der Waals surface area contributed by atoms with Gasteiger partial charge >= 0.3 is 0 Å². The third-order valence-electron chi connectivity index (χ3n) is 3.29. The molecule has 1 atom stereocenters. The quantitative estimate of drug-likeness (QED) is 0.841. The molecule has 4 nitrogen and oxygen atoms in total. The Hall–Kier alpha value is -0.780. The maximum atomic E-state index is 9.68. The molecule has 0 saturated carbocycles. The molecule has 1 aromatic rings. The van der Waals surface area contributed by atoms with Crippen molar-refractivity contribution in [3.63, 3.8) is 0 Å². The molecule has 0 fully saturated rings. The first-order valence-corrected chi connectivity index (χ1v) is 6.94. The van der Waals surface area contributed by atoms with Crippen molar-refractivity contribution in [1.29, 1.82) is 0 Å². The Morgan fingerprint density at radius 1 is 1.32 bits per heavy atom. The monoisotopic (exact) mass is 331 g/mol. The van der Waals surface area contributed by atoms with Crippen LogP contribution in [-0.2, 0) is 6.54 Å². The maximum absolute atomic E-state index is 9.68. The van der Waals surface area contributed by atoms with Crippen molar-refractivity contribution in [2.75, 3.05) is 14.2 Å². The van der Waals surface area contributed by atoms with Crippen molar-refractivity contribution >= 4 is 15.9 Å². The molecule has 0 saturated heterocycles. The van der Waals surface area contributed by atoms with Gasteiger partial charge in [-0.2, -0.15) is 0 Å². The van der Waals surface area contributed by atoms with Gasteiger partial charge in [0.25, 0.3) is 0 Å². The number of hydrogen-bond acceptors (Lipinski definition) is 4. The zero-order chi connectivity index (χ0) is 14.6. The van der Waals surface area contributed by atoms with Crippen molar-refractivity contribution in [2.45, 2.75) is 39.0 Å². The molecule has 0 bridgehead atoms. The highest BCUT2D eigenvalue weighted by atomic mass is 79.9. The molecule has 1 rings (SSSR count). The number of hydrogen-bond donors (Lipinski definition) is 2. The van der Waals surface area contributed by atoms with Crippen molar-refractivity contribution in [3.05, 3.63) is 22.2 Å². The number of aliphatic hydroxyl groups is 1. The summed E-state index contributed by atoms with van der Waals surface area (Å²) in [5, 5.41) is 13.0. The van der Waals surface area contributed by atoms with E-state index in [1.54, 1.807) is 21.1 Å². The second kappa shape index (κ2) is 6.59. The van der Waals surface area contributed by atoms with E-state index in [2.05, 4.69) is 21.2 Å². The molecule has 0 radical (unpaired) electrons. The van der Waals surface area contributed by atoms with E-state index in [0.717, 1.165) is 10.0 Å². The number of nitrogens with one attached hydrogen (secondary N) is 1. The van der Waals surface area contributed by atoms with Crippen LogP contribution in [0.2, 0.25) is 0 Å². The summed E-state index contributed by atoms with van der Waals surface area (Å²) < 4.78 is 11.4. The van der Waals surface area contributed by atoms with Crippen LogP contribution in [0.5, 0.6) is 11.5 Å². The molecule has 0 aromatic heterocycles. The van der Waals surface area contributed by atoms with Crippen LogP contribution in [0.1, 0.15) is 26.3 Å². The Bertz CT molecular complexity index is 433. The minimum absolute atomic E-state index is 0.348. The van der Waals surface area contributed by atoms with E-state index >= 15 is 0 Å². The molecule has 0 aliphatic carbocycles. The molecular weight excluding hydrogens is 310 g/mol. The minimum atomic E-state index is -0.434. The number of halogens is 1. The van der Waals surface area contributed by atoms with E-state index in [-0.39, 0.29) is 5.54 Å². The van der Waals surface area contributed by atoms with Crippen molar-refractivity contribution in [1.82, 2.24) is 5.32 Å². The molecule has 0 aliphatic heterocycles. The smallest absolute Gasteiger partial charge is 0.174 e. The van der Waals surface area contributed by atoms with Gasteiger partial charge in [0.2, 0.25) is 0 Å². The lowest BCUT2D eigenvalue weighted by Crippen LogP contribution is -2.47. The molecular formula is C14H22BrNO3. The highest BCUT2D eigenvalue weighted by Gasteiger charge is 2.23. The Morgan fingerprint density at radius 3 is 2.42 bits per heavy atom. The molecule has 2 N–H and O–H groups in total. The van der Waals surface area contributed by atoms with Crippen LogP contribution in [0.15, 0.2) is 16.6 Å². The number of benzene rings is 1. The van der Waals surface area contributed by atoms with E-state index in [1.807, 2.05) is 26.0 Å². The largest absolute Gasteiger partial charge is 0.493 e. The zero-order valence-corrected chi connectivity index (χ0v) is 13.7. The van der Waals surface area contributed by atoms with Gasteiger partial charge in [0.1, 0.15) is 0 Å². The average molecular weight is 332 g/mol. The fraction of sp³-hybridized carbons (Fsp3) is 0.571. The Balaban J connectivity index is 2.89. The van der Waals surface area contributed by atoms with Crippen LogP contribution in [-0.4, -0.2) is 31.0 Å². The molecule has 19 heavy (non-hydrogen) atoms. The van der Waals surface area contributed by atoms with Gasteiger partial charge in [-0.15, -0.1) is 0 Å². The van der Waals surface area contributed by atoms with E-state index in [1.165, 1.54) is 0 Å². The summed E-state index contributed by atoms with van der Waals surface area (Å²) in [6.45, 7) is 6.34. The van der Waals surface area contributed by atoms with Crippen LogP contribution in [0.3, 0.4) is 0 Å². The lowest BCUT2D eigenvalue weighted by Gasteiger charge is -2.29. The summed E-state index contributed by atoms with van der Waals surface area (Å²) in [5.74, 6) is 1.37. The summed E-state index contributed by atoms with van der Waals surface area (Å²) in [6, 6.07) is 3.90. The van der Waals surface area contributed by atoms with E-state index in [0.29, 0.717) is 18.0 Å². The first-order valence-electron chi connectivity index (χ1n) is 6.15. The SMILES string of the molecule is COc1cc(CNC(C)(C)C(C)O)cc(Br)c1OC. The highest BCUT2D eigenvalue weighted by molar-refractivity contribution is 9.10.